The molecule has 1 aromatic heterocycles. The van der Waals surface area contributed by atoms with Gasteiger partial charge in [-0.15, -0.1) is 0 Å². The molecule has 8 nitrogen and oxygen atoms in total. The van der Waals surface area contributed by atoms with Crippen molar-refractivity contribution in [2.45, 2.75) is 12.1 Å². The number of hydrogen-bond acceptors (Lipinski definition) is 6. The summed E-state index contributed by atoms with van der Waals surface area (Å²) in [7, 11) is 7.84. The van der Waals surface area contributed by atoms with Crippen molar-refractivity contribution in [3.05, 3.63) is 113 Å². The molecule has 8 heteroatoms. The second-order valence-corrected chi connectivity index (χ2v) is 10.1. The van der Waals surface area contributed by atoms with Crippen LogP contribution in [0.3, 0.4) is 0 Å². The normalized spacial score (nSPS) is 14.0. The number of benzene rings is 3. The Morgan fingerprint density at radius 1 is 0.872 bits per heavy atom. The third-order valence-electron chi connectivity index (χ3n) is 7.21. The molecule has 0 aliphatic carbocycles. The first-order valence-corrected chi connectivity index (χ1v) is 12.6. The average Bonchev–Trinajstić information content (AvgIpc) is 3.23. The first-order valence-electron chi connectivity index (χ1n) is 12.6. The molecule has 39 heavy (non-hydrogen) atoms. The Hall–Kier alpha value is -4.85. The molecule has 1 spiro atoms. The van der Waals surface area contributed by atoms with Crippen LogP contribution in [-0.2, 0) is 16.9 Å². The summed E-state index contributed by atoms with van der Waals surface area (Å²) < 4.78 is 17.9. The van der Waals surface area contributed by atoms with Crippen LogP contribution in [0.1, 0.15) is 43.0 Å². The lowest BCUT2D eigenvalue weighted by Gasteiger charge is -2.37. The van der Waals surface area contributed by atoms with Crippen LogP contribution in [0, 0.1) is 0 Å². The highest BCUT2D eigenvalue weighted by Gasteiger charge is 2.53. The summed E-state index contributed by atoms with van der Waals surface area (Å²) in [5.74, 6) is 0.434. The molecule has 4 aromatic rings. The Morgan fingerprint density at radius 2 is 1.51 bits per heavy atom. The van der Waals surface area contributed by atoms with E-state index in [2.05, 4.69) is 5.32 Å². The maximum Gasteiger partial charge on any atom is 0.340 e. The molecule has 196 valence electrons. The summed E-state index contributed by atoms with van der Waals surface area (Å²) >= 11 is 0. The van der Waals surface area contributed by atoms with E-state index >= 15 is 0 Å². The number of nitrogens with zero attached hydrogens (tertiary/aromatic N) is 2. The quantitative estimate of drug-likeness (QED) is 0.285. The minimum absolute atomic E-state index is 0.297. The van der Waals surface area contributed by atoms with Crippen molar-refractivity contribution in [2.24, 2.45) is 0 Å². The van der Waals surface area contributed by atoms with Gasteiger partial charge in [0, 0.05) is 80.0 Å². The number of carbonyl (C=O) groups is 2. The maximum absolute atomic E-state index is 13.4. The molecule has 0 radical (unpaired) electrons. The fourth-order valence-corrected chi connectivity index (χ4v) is 5.16. The van der Waals surface area contributed by atoms with Crippen LogP contribution in [0.2, 0.25) is 0 Å². The molecule has 3 heterocycles. The molecule has 0 fully saturated rings. The fourth-order valence-electron chi connectivity index (χ4n) is 5.16. The predicted molar refractivity (Wildman–Crippen MR) is 148 cm³/mol. The lowest BCUT2D eigenvalue weighted by molar-refractivity contribution is 0.0224. The highest BCUT2D eigenvalue weighted by Crippen LogP contribution is 2.57. The first kappa shape index (κ1) is 24.5. The van der Waals surface area contributed by atoms with Gasteiger partial charge in [-0.1, -0.05) is 6.07 Å². The summed E-state index contributed by atoms with van der Waals surface area (Å²) in [6, 6.07) is 20.5. The number of amides is 1. The summed E-state index contributed by atoms with van der Waals surface area (Å²) in [6.45, 7) is 0.301. The highest BCUT2D eigenvalue weighted by atomic mass is 16.6. The molecule has 3 aromatic carbocycles. The van der Waals surface area contributed by atoms with Gasteiger partial charge in [-0.2, -0.15) is 0 Å². The molecule has 0 saturated carbocycles. The molecule has 0 atom stereocenters. The molecule has 2 aliphatic rings. The molecular weight excluding hydrogens is 494 g/mol. The van der Waals surface area contributed by atoms with Gasteiger partial charge in [0.15, 0.2) is 5.60 Å². The summed E-state index contributed by atoms with van der Waals surface area (Å²) in [5.41, 5.74) is 4.40. The monoisotopic (exact) mass is 522 g/mol. The van der Waals surface area contributed by atoms with E-state index in [-0.39, 0.29) is 5.91 Å². The summed E-state index contributed by atoms with van der Waals surface area (Å²) in [5, 5.41) is 2.88. The SMILES string of the molecule is CN(C)c1ccc2c(c1)Oc1cc(N(C)C)ccc1C21OC(=O)c2cc(C(=O)NCc3ccc[o+]c3)ccc21. The number of nitrogens with one attached hydrogen (secondary N) is 1. The van der Waals surface area contributed by atoms with Crippen molar-refractivity contribution in [1.82, 2.24) is 5.32 Å². The molecule has 2 aliphatic heterocycles. The molecule has 0 bridgehead atoms. The number of fused-ring (bicyclic) bond motifs is 6. The second kappa shape index (κ2) is 9.16. The Morgan fingerprint density at radius 3 is 2.10 bits per heavy atom. The number of carbonyl (C=O) groups excluding carboxylic acids is 2. The van der Waals surface area contributed by atoms with E-state index in [1.54, 1.807) is 30.7 Å². The lowest BCUT2D eigenvalue weighted by Crippen LogP contribution is -2.33. The van der Waals surface area contributed by atoms with Crippen molar-refractivity contribution in [3.63, 3.8) is 0 Å². The molecule has 1 amide bonds. The van der Waals surface area contributed by atoms with E-state index in [1.165, 1.54) is 0 Å². The second-order valence-electron chi connectivity index (χ2n) is 10.1. The van der Waals surface area contributed by atoms with Crippen LogP contribution in [0.25, 0.3) is 0 Å². The zero-order valence-corrected chi connectivity index (χ0v) is 22.1. The highest BCUT2D eigenvalue weighted by molar-refractivity contribution is 6.01. The summed E-state index contributed by atoms with van der Waals surface area (Å²) in [4.78, 5) is 30.4. The van der Waals surface area contributed by atoms with Gasteiger partial charge < -0.3 is 24.6 Å². The van der Waals surface area contributed by atoms with Crippen molar-refractivity contribution < 1.29 is 23.5 Å². The Bertz CT molecular complexity index is 1560. The van der Waals surface area contributed by atoms with E-state index in [1.807, 2.05) is 86.5 Å². The molecular formula is C31H28N3O5+. The van der Waals surface area contributed by atoms with Crippen molar-refractivity contribution in [2.75, 3.05) is 38.0 Å². The van der Waals surface area contributed by atoms with Crippen LogP contribution in [-0.4, -0.2) is 40.1 Å². The predicted octanol–water partition coefficient (Wildman–Crippen LogP) is 5.19. The fraction of sp³-hybridized carbons (Fsp3) is 0.194. The number of esters is 1. The van der Waals surface area contributed by atoms with Crippen molar-refractivity contribution in [3.8, 4) is 11.5 Å². The maximum atomic E-state index is 13.4. The Kier molecular flexibility index (Phi) is 5.75. The van der Waals surface area contributed by atoms with E-state index in [4.69, 9.17) is 13.9 Å². The molecule has 6 rings (SSSR count). The Balaban J connectivity index is 1.46. The van der Waals surface area contributed by atoms with Gasteiger partial charge in [0.2, 0.25) is 0 Å². The minimum atomic E-state index is -1.20. The average molecular weight is 523 g/mol. The number of ether oxygens (including phenoxy) is 2. The van der Waals surface area contributed by atoms with Gasteiger partial charge in [-0.25, -0.2) is 9.21 Å². The molecule has 0 saturated heterocycles. The molecule has 0 unspecified atom stereocenters. The lowest BCUT2D eigenvalue weighted by atomic mass is 9.77. The van der Waals surface area contributed by atoms with Gasteiger partial charge >= 0.3 is 18.5 Å². The third kappa shape index (κ3) is 3.96. The van der Waals surface area contributed by atoms with Crippen LogP contribution in [0.5, 0.6) is 11.5 Å². The van der Waals surface area contributed by atoms with Gasteiger partial charge in [0.25, 0.3) is 5.91 Å². The number of anilines is 2. The van der Waals surface area contributed by atoms with Crippen LogP contribution in [0.15, 0.2) is 83.7 Å². The molecule has 1 N–H and O–H groups in total. The van der Waals surface area contributed by atoms with Crippen LogP contribution in [0.4, 0.5) is 11.4 Å². The van der Waals surface area contributed by atoms with E-state index < -0.39 is 11.6 Å². The van der Waals surface area contributed by atoms with Crippen LogP contribution < -0.4 is 19.9 Å². The zero-order chi connectivity index (χ0) is 27.3. The summed E-state index contributed by atoms with van der Waals surface area (Å²) in [6.07, 6.45) is 3.13. The Labute approximate surface area is 226 Å². The number of rotatable bonds is 5. The van der Waals surface area contributed by atoms with E-state index in [9.17, 15) is 9.59 Å². The van der Waals surface area contributed by atoms with Gasteiger partial charge in [0.05, 0.1) is 17.7 Å². The van der Waals surface area contributed by atoms with E-state index in [0.29, 0.717) is 34.7 Å². The van der Waals surface area contributed by atoms with Crippen molar-refractivity contribution >= 4 is 23.3 Å². The van der Waals surface area contributed by atoms with Crippen molar-refractivity contribution in [1.29, 1.82) is 0 Å². The first-order chi connectivity index (χ1) is 18.8. The van der Waals surface area contributed by atoms with Gasteiger partial charge in [-0.3, -0.25) is 4.79 Å². The van der Waals surface area contributed by atoms with Crippen LogP contribution >= 0.6 is 0 Å². The van der Waals surface area contributed by atoms with Gasteiger partial charge in [-0.05, 0) is 42.5 Å². The topological polar surface area (TPSA) is 82.4 Å². The minimum Gasteiger partial charge on any atom is -0.456 e. The third-order valence-corrected chi connectivity index (χ3v) is 7.21. The standard InChI is InChI=1S/C31H27N3O5/c1-33(2)21-8-11-25-27(15-21)38-28-16-22(34(3)4)9-12-26(28)31(25)24-10-7-20(14-23(24)30(36)39-31)29(35)32-17-19-6-5-13-37-18-19/h5-16,18H,17H2,1-4H3/p+1. The largest absolute Gasteiger partial charge is 0.456 e. The van der Waals surface area contributed by atoms with Gasteiger partial charge in [0.1, 0.15) is 11.5 Å². The number of hydrogen-bond donors (Lipinski definition) is 1. The smallest absolute Gasteiger partial charge is 0.340 e. The zero-order valence-electron chi connectivity index (χ0n) is 22.1. The van der Waals surface area contributed by atoms with E-state index in [0.717, 1.165) is 28.1 Å².